The Morgan fingerprint density at radius 3 is 3.12 bits per heavy atom. The standard InChI is InChI=1S/C13H23N3/c1-10-6-11(8-14-7-10)13-15-9-12-4-2-3-5-16(12)13/h6,10,12-15H,2-5,7-9H2,1H3/t10-,12?,13?/m0/s1. The second kappa shape index (κ2) is 4.47. The molecule has 0 radical (unpaired) electrons. The van der Waals surface area contributed by atoms with Crippen LogP contribution in [0.15, 0.2) is 11.6 Å². The van der Waals surface area contributed by atoms with E-state index in [1.165, 1.54) is 32.4 Å². The van der Waals surface area contributed by atoms with Crippen molar-refractivity contribution in [1.82, 2.24) is 15.5 Å². The molecule has 0 aliphatic carbocycles. The van der Waals surface area contributed by atoms with Gasteiger partial charge >= 0.3 is 0 Å². The number of hydrogen-bond donors (Lipinski definition) is 2. The number of nitrogens with one attached hydrogen (secondary N) is 2. The summed E-state index contributed by atoms with van der Waals surface area (Å²) < 4.78 is 0. The van der Waals surface area contributed by atoms with E-state index in [1.54, 1.807) is 5.57 Å². The molecule has 0 bridgehead atoms. The summed E-state index contributed by atoms with van der Waals surface area (Å²) in [4.78, 5) is 2.69. The molecule has 3 heterocycles. The predicted octanol–water partition coefficient (Wildman–Crippen LogP) is 0.936. The Morgan fingerprint density at radius 2 is 2.25 bits per heavy atom. The van der Waals surface area contributed by atoms with Crippen molar-refractivity contribution in [3.8, 4) is 0 Å². The highest BCUT2D eigenvalue weighted by Crippen LogP contribution is 2.27. The minimum atomic E-state index is 0.528. The first-order valence-electron chi connectivity index (χ1n) is 6.75. The molecular formula is C13H23N3. The molecule has 3 heteroatoms. The first-order chi connectivity index (χ1) is 7.84. The molecule has 3 rings (SSSR count). The smallest absolute Gasteiger partial charge is 0.0835 e. The van der Waals surface area contributed by atoms with Crippen molar-refractivity contribution >= 4 is 0 Å². The summed E-state index contributed by atoms with van der Waals surface area (Å²) >= 11 is 0. The van der Waals surface area contributed by atoms with Crippen molar-refractivity contribution in [2.45, 2.75) is 38.4 Å². The quantitative estimate of drug-likeness (QED) is 0.645. The van der Waals surface area contributed by atoms with Crippen LogP contribution in [0.25, 0.3) is 0 Å². The highest BCUT2D eigenvalue weighted by molar-refractivity contribution is 5.19. The highest BCUT2D eigenvalue weighted by Gasteiger charge is 2.36. The Labute approximate surface area is 98.3 Å². The first-order valence-corrected chi connectivity index (χ1v) is 6.75. The van der Waals surface area contributed by atoms with Gasteiger partial charge in [0.25, 0.3) is 0 Å². The topological polar surface area (TPSA) is 27.3 Å². The lowest BCUT2D eigenvalue weighted by molar-refractivity contribution is 0.162. The van der Waals surface area contributed by atoms with Gasteiger partial charge in [0.1, 0.15) is 0 Å². The second-order valence-electron chi connectivity index (χ2n) is 5.55. The zero-order chi connectivity index (χ0) is 11.0. The maximum atomic E-state index is 3.71. The van der Waals surface area contributed by atoms with Crippen LogP contribution < -0.4 is 10.6 Å². The zero-order valence-electron chi connectivity index (χ0n) is 10.2. The lowest BCUT2D eigenvalue weighted by Crippen LogP contribution is -2.46. The van der Waals surface area contributed by atoms with Crippen LogP contribution in [0.3, 0.4) is 0 Å². The monoisotopic (exact) mass is 221 g/mol. The molecule has 0 aromatic heterocycles. The van der Waals surface area contributed by atoms with Gasteiger partial charge in [0, 0.05) is 32.2 Å². The van der Waals surface area contributed by atoms with Gasteiger partial charge in [-0.2, -0.15) is 0 Å². The van der Waals surface area contributed by atoms with Gasteiger partial charge in [0.2, 0.25) is 0 Å². The average Bonchev–Trinajstić information content (AvgIpc) is 2.72. The van der Waals surface area contributed by atoms with E-state index in [0.717, 1.165) is 19.1 Å². The molecule has 16 heavy (non-hydrogen) atoms. The van der Waals surface area contributed by atoms with E-state index >= 15 is 0 Å². The average molecular weight is 221 g/mol. The van der Waals surface area contributed by atoms with Gasteiger partial charge in [0.05, 0.1) is 6.17 Å². The second-order valence-corrected chi connectivity index (χ2v) is 5.55. The van der Waals surface area contributed by atoms with Crippen molar-refractivity contribution in [2.24, 2.45) is 5.92 Å². The molecule has 3 aliphatic rings. The minimum Gasteiger partial charge on any atom is -0.312 e. The molecular weight excluding hydrogens is 198 g/mol. The molecule has 0 aromatic carbocycles. The van der Waals surface area contributed by atoms with Crippen LogP contribution in [0.5, 0.6) is 0 Å². The van der Waals surface area contributed by atoms with E-state index in [9.17, 15) is 0 Å². The van der Waals surface area contributed by atoms with Crippen LogP contribution in [-0.2, 0) is 0 Å². The van der Waals surface area contributed by atoms with Gasteiger partial charge in [-0.25, -0.2) is 0 Å². The molecule has 3 aliphatic heterocycles. The fourth-order valence-corrected chi connectivity index (χ4v) is 3.41. The van der Waals surface area contributed by atoms with Crippen molar-refractivity contribution in [3.05, 3.63) is 11.6 Å². The van der Waals surface area contributed by atoms with Crippen LogP contribution in [0, 0.1) is 5.92 Å². The molecule has 0 spiro atoms. The van der Waals surface area contributed by atoms with Crippen molar-refractivity contribution in [1.29, 1.82) is 0 Å². The maximum absolute atomic E-state index is 3.71. The number of hydrogen-bond acceptors (Lipinski definition) is 3. The third kappa shape index (κ3) is 1.92. The number of piperidine rings is 1. The minimum absolute atomic E-state index is 0.528. The summed E-state index contributed by atoms with van der Waals surface area (Å²) in [6, 6.07) is 0.803. The van der Waals surface area contributed by atoms with Gasteiger partial charge in [-0.3, -0.25) is 10.2 Å². The predicted molar refractivity (Wildman–Crippen MR) is 66.3 cm³/mol. The Balaban J connectivity index is 1.74. The lowest BCUT2D eigenvalue weighted by atomic mass is 9.99. The molecule has 0 amide bonds. The fourth-order valence-electron chi connectivity index (χ4n) is 3.41. The highest BCUT2D eigenvalue weighted by atomic mass is 15.4. The summed E-state index contributed by atoms with van der Waals surface area (Å²) in [5.74, 6) is 0.689. The summed E-state index contributed by atoms with van der Waals surface area (Å²) in [7, 11) is 0. The third-order valence-corrected chi connectivity index (χ3v) is 4.20. The van der Waals surface area contributed by atoms with Crippen molar-refractivity contribution < 1.29 is 0 Å². The summed E-state index contributed by atoms with van der Waals surface area (Å²) in [5.41, 5.74) is 1.57. The van der Waals surface area contributed by atoms with Crippen molar-refractivity contribution in [2.75, 3.05) is 26.2 Å². The molecule has 3 nitrogen and oxygen atoms in total. The maximum Gasteiger partial charge on any atom is 0.0835 e. The zero-order valence-corrected chi connectivity index (χ0v) is 10.2. The molecule has 3 atom stereocenters. The van der Waals surface area contributed by atoms with E-state index in [4.69, 9.17) is 0 Å². The molecule has 90 valence electrons. The SMILES string of the molecule is C[C@H]1C=C(C2NCC3CCCCN32)CNC1. The van der Waals surface area contributed by atoms with Crippen LogP contribution >= 0.6 is 0 Å². The van der Waals surface area contributed by atoms with E-state index < -0.39 is 0 Å². The summed E-state index contributed by atoms with van der Waals surface area (Å²) in [6.07, 6.45) is 7.19. The summed E-state index contributed by atoms with van der Waals surface area (Å²) in [6.45, 7) is 6.99. The van der Waals surface area contributed by atoms with Gasteiger partial charge in [-0.05, 0) is 24.3 Å². The van der Waals surface area contributed by atoms with E-state index in [2.05, 4.69) is 28.5 Å². The molecule has 0 saturated carbocycles. The van der Waals surface area contributed by atoms with Crippen LogP contribution in [0.4, 0.5) is 0 Å². The molecule has 2 fully saturated rings. The molecule has 0 aromatic rings. The number of rotatable bonds is 1. The molecule has 2 N–H and O–H groups in total. The Morgan fingerprint density at radius 1 is 1.31 bits per heavy atom. The molecule has 2 unspecified atom stereocenters. The Bertz CT molecular complexity index is 287. The normalized spacial score (nSPS) is 40.6. The van der Waals surface area contributed by atoms with Gasteiger partial charge in [0.15, 0.2) is 0 Å². The number of fused-ring (bicyclic) bond motifs is 1. The van der Waals surface area contributed by atoms with Crippen LogP contribution in [0.1, 0.15) is 26.2 Å². The fraction of sp³-hybridized carbons (Fsp3) is 0.846. The first kappa shape index (κ1) is 10.8. The lowest BCUT2D eigenvalue weighted by Gasteiger charge is -2.35. The van der Waals surface area contributed by atoms with Gasteiger partial charge in [-0.15, -0.1) is 0 Å². The largest absolute Gasteiger partial charge is 0.312 e. The van der Waals surface area contributed by atoms with Crippen LogP contribution in [-0.4, -0.2) is 43.3 Å². The Hall–Kier alpha value is -0.380. The van der Waals surface area contributed by atoms with E-state index in [-0.39, 0.29) is 0 Å². The van der Waals surface area contributed by atoms with E-state index in [0.29, 0.717) is 12.1 Å². The Kier molecular flexibility index (Phi) is 3.01. The summed E-state index contributed by atoms with van der Waals surface area (Å²) in [5, 5.41) is 7.23. The van der Waals surface area contributed by atoms with Gasteiger partial charge < -0.3 is 5.32 Å². The number of nitrogens with zero attached hydrogens (tertiary/aromatic N) is 1. The van der Waals surface area contributed by atoms with Crippen molar-refractivity contribution in [3.63, 3.8) is 0 Å². The van der Waals surface area contributed by atoms with Crippen LogP contribution in [0.2, 0.25) is 0 Å². The third-order valence-electron chi connectivity index (χ3n) is 4.20. The van der Waals surface area contributed by atoms with Gasteiger partial charge in [-0.1, -0.05) is 19.4 Å². The van der Waals surface area contributed by atoms with E-state index in [1.807, 2.05) is 0 Å². The molecule has 2 saturated heterocycles.